The van der Waals surface area contributed by atoms with Crippen LogP contribution in [0.5, 0.6) is 0 Å². The Balaban J connectivity index is 1.66. The Labute approximate surface area is 163 Å². The highest BCUT2D eigenvalue weighted by molar-refractivity contribution is 7.90. The molecule has 0 bridgehead atoms. The first-order valence-electron chi connectivity index (χ1n) is 8.71. The monoisotopic (exact) mass is 390 g/mol. The molecule has 0 aliphatic rings. The van der Waals surface area contributed by atoms with Crippen molar-refractivity contribution in [3.05, 3.63) is 78.6 Å². The SMILES string of the molecule is CS(=O)(=O)c1ccc(CNc2nc(-c3cccnc3)nc3ccccc23)cc1. The highest BCUT2D eigenvalue weighted by Crippen LogP contribution is 2.25. The van der Waals surface area contributed by atoms with Gasteiger partial charge >= 0.3 is 0 Å². The van der Waals surface area contributed by atoms with Crippen molar-refractivity contribution in [3.63, 3.8) is 0 Å². The minimum atomic E-state index is -3.20. The summed E-state index contributed by atoms with van der Waals surface area (Å²) in [5, 5.41) is 4.27. The van der Waals surface area contributed by atoms with Gasteiger partial charge in [-0.15, -0.1) is 0 Å². The Morgan fingerprint density at radius 3 is 2.43 bits per heavy atom. The van der Waals surface area contributed by atoms with Gasteiger partial charge in [-0.3, -0.25) is 4.98 Å². The summed E-state index contributed by atoms with van der Waals surface area (Å²) in [6.07, 6.45) is 4.65. The van der Waals surface area contributed by atoms with E-state index in [0.717, 1.165) is 27.8 Å². The maximum absolute atomic E-state index is 11.6. The van der Waals surface area contributed by atoms with E-state index in [2.05, 4.69) is 20.3 Å². The standard InChI is InChI=1S/C21H18N4O2S/c1-28(26,27)17-10-8-15(9-11-17)13-23-21-18-6-2-3-7-19(18)24-20(25-21)16-5-4-12-22-14-16/h2-12,14H,13H2,1H3,(H,23,24,25). The molecule has 2 heterocycles. The number of fused-ring (bicyclic) bond motifs is 1. The normalized spacial score (nSPS) is 11.5. The second-order valence-corrected chi connectivity index (χ2v) is 8.44. The molecule has 0 fully saturated rings. The van der Waals surface area contributed by atoms with Crippen LogP contribution < -0.4 is 5.32 Å². The van der Waals surface area contributed by atoms with Crippen LogP contribution in [-0.4, -0.2) is 29.6 Å². The van der Waals surface area contributed by atoms with E-state index in [1.54, 1.807) is 36.7 Å². The van der Waals surface area contributed by atoms with Crippen molar-refractivity contribution in [1.82, 2.24) is 15.0 Å². The Morgan fingerprint density at radius 1 is 0.929 bits per heavy atom. The van der Waals surface area contributed by atoms with Crippen molar-refractivity contribution < 1.29 is 8.42 Å². The molecule has 0 atom stereocenters. The minimum absolute atomic E-state index is 0.308. The summed E-state index contributed by atoms with van der Waals surface area (Å²) >= 11 is 0. The van der Waals surface area contributed by atoms with Crippen molar-refractivity contribution in [2.24, 2.45) is 0 Å². The van der Waals surface area contributed by atoms with Crippen LogP contribution in [0.2, 0.25) is 0 Å². The maximum Gasteiger partial charge on any atom is 0.175 e. The van der Waals surface area contributed by atoms with Gasteiger partial charge < -0.3 is 5.32 Å². The third-order valence-electron chi connectivity index (χ3n) is 4.33. The second kappa shape index (κ2) is 7.36. The van der Waals surface area contributed by atoms with Gasteiger partial charge in [-0.25, -0.2) is 18.4 Å². The molecule has 2 aromatic heterocycles. The largest absolute Gasteiger partial charge is 0.365 e. The van der Waals surface area contributed by atoms with Crippen molar-refractivity contribution in [3.8, 4) is 11.4 Å². The number of benzene rings is 2. The van der Waals surface area contributed by atoms with Crippen LogP contribution in [0.25, 0.3) is 22.3 Å². The number of aromatic nitrogens is 3. The van der Waals surface area contributed by atoms with Gasteiger partial charge in [-0.2, -0.15) is 0 Å². The van der Waals surface area contributed by atoms with E-state index in [4.69, 9.17) is 0 Å². The summed E-state index contributed by atoms with van der Waals surface area (Å²) in [7, 11) is -3.20. The third-order valence-corrected chi connectivity index (χ3v) is 5.46. The molecule has 0 amide bonds. The van der Waals surface area contributed by atoms with Crippen LogP contribution in [0.3, 0.4) is 0 Å². The Hall–Kier alpha value is -3.32. The lowest BCUT2D eigenvalue weighted by Crippen LogP contribution is -2.05. The van der Waals surface area contributed by atoms with E-state index in [0.29, 0.717) is 17.3 Å². The van der Waals surface area contributed by atoms with Crippen LogP contribution >= 0.6 is 0 Å². The van der Waals surface area contributed by atoms with Crippen molar-refractivity contribution >= 4 is 26.6 Å². The second-order valence-electron chi connectivity index (χ2n) is 6.42. The quantitative estimate of drug-likeness (QED) is 0.559. The predicted octanol–water partition coefficient (Wildman–Crippen LogP) is 3.71. The highest BCUT2D eigenvalue weighted by atomic mass is 32.2. The van der Waals surface area contributed by atoms with Crippen molar-refractivity contribution in [2.45, 2.75) is 11.4 Å². The number of sulfone groups is 1. The topological polar surface area (TPSA) is 84.8 Å². The van der Waals surface area contributed by atoms with Crippen molar-refractivity contribution in [2.75, 3.05) is 11.6 Å². The zero-order valence-corrected chi connectivity index (χ0v) is 16.0. The number of hydrogen-bond acceptors (Lipinski definition) is 6. The number of nitrogens with one attached hydrogen (secondary N) is 1. The van der Waals surface area contributed by atoms with E-state index in [1.807, 2.05) is 36.4 Å². The fourth-order valence-corrected chi connectivity index (χ4v) is 3.51. The first-order chi connectivity index (χ1) is 13.5. The predicted molar refractivity (Wildman–Crippen MR) is 110 cm³/mol. The number of rotatable bonds is 5. The van der Waals surface area contributed by atoms with Gasteiger partial charge in [0, 0.05) is 36.1 Å². The highest BCUT2D eigenvalue weighted by Gasteiger charge is 2.10. The van der Waals surface area contributed by atoms with Crippen LogP contribution in [0, 0.1) is 0 Å². The summed E-state index contributed by atoms with van der Waals surface area (Å²) < 4.78 is 23.2. The number of nitrogens with zero attached hydrogens (tertiary/aromatic N) is 3. The molecule has 0 aliphatic carbocycles. The lowest BCUT2D eigenvalue weighted by atomic mass is 10.2. The maximum atomic E-state index is 11.6. The Kier molecular flexibility index (Phi) is 4.75. The average molecular weight is 390 g/mol. The summed E-state index contributed by atoms with van der Waals surface area (Å²) in [4.78, 5) is 13.8. The Morgan fingerprint density at radius 2 is 1.71 bits per heavy atom. The zero-order valence-electron chi connectivity index (χ0n) is 15.2. The molecule has 4 rings (SSSR count). The fourth-order valence-electron chi connectivity index (χ4n) is 2.88. The average Bonchev–Trinajstić information content (AvgIpc) is 2.72. The molecule has 2 aromatic carbocycles. The summed E-state index contributed by atoms with van der Waals surface area (Å²) in [5.41, 5.74) is 2.64. The third kappa shape index (κ3) is 3.84. The molecular weight excluding hydrogens is 372 g/mol. The molecule has 4 aromatic rings. The molecular formula is C21H18N4O2S. The molecule has 28 heavy (non-hydrogen) atoms. The van der Waals surface area contributed by atoms with E-state index in [1.165, 1.54) is 6.26 Å². The van der Waals surface area contributed by atoms with Gasteiger partial charge in [0.2, 0.25) is 0 Å². The van der Waals surface area contributed by atoms with E-state index in [-0.39, 0.29) is 0 Å². The molecule has 1 N–H and O–H groups in total. The van der Waals surface area contributed by atoms with Gasteiger partial charge in [0.05, 0.1) is 10.4 Å². The van der Waals surface area contributed by atoms with Crippen LogP contribution in [-0.2, 0) is 16.4 Å². The molecule has 0 saturated heterocycles. The van der Waals surface area contributed by atoms with E-state index < -0.39 is 9.84 Å². The van der Waals surface area contributed by atoms with Crippen LogP contribution in [0.15, 0.2) is 78.0 Å². The molecule has 140 valence electrons. The van der Waals surface area contributed by atoms with Gasteiger partial charge in [-0.05, 0) is 42.0 Å². The number of para-hydroxylation sites is 1. The molecule has 0 aliphatic heterocycles. The summed E-state index contributed by atoms with van der Waals surface area (Å²) in [6, 6.07) is 18.4. The van der Waals surface area contributed by atoms with Gasteiger partial charge in [0.15, 0.2) is 15.7 Å². The molecule has 6 nitrogen and oxygen atoms in total. The smallest absolute Gasteiger partial charge is 0.175 e. The van der Waals surface area contributed by atoms with Crippen LogP contribution in [0.1, 0.15) is 5.56 Å². The molecule has 7 heteroatoms. The van der Waals surface area contributed by atoms with Crippen LogP contribution in [0.4, 0.5) is 5.82 Å². The first-order valence-corrected chi connectivity index (χ1v) is 10.6. The van der Waals surface area contributed by atoms with Gasteiger partial charge in [0.1, 0.15) is 5.82 Å². The zero-order chi connectivity index (χ0) is 19.6. The minimum Gasteiger partial charge on any atom is -0.365 e. The number of anilines is 1. The summed E-state index contributed by atoms with van der Waals surface area (Å²) in [5.74, 6) is 1.32. The van der Waals surface area contributed by atoms with Gasteiger partial charge in [-0.1, -0.05) is 24.3 Å². The van der Waals surface area contributed by atoms with E-state index >= 15 is 0 Å². The van der Waals surface area contributed by atoms with Crippen molar-refractivity contribution in [1.29, 1.82) is 0 Å². The molecule has 0 saturated carbocycles. The Bertz CT molecular complexity index is 1220. The van der Waals surface area contributed by atoms with E-state index in [9.17, 15) is 8.42 Å². The molecule has 0 unspecified atom stereocenters. The molecule has 0 spiro atoms. The number of hydrogen-bond donors (Lipinski definition) is 1. The fraction of sp³-hybridized carbons (Fsp3) is 0.0952. The number of pyridine rings is 1. The first kappa shape index (κ1) is 18.1. The lowest BCUT2D eigenvalue weighted by Gasteiger charge is -2.11. The summed E-state index contributed by atoms with van der Waals surface area (Å²) in [6.45, 7) is 0.511. The van der Waals surface area contributed by atoms with Gasteiger partial charge in [0.25, 0.3) is 0 Å². The molecule has 0 radical (unpaired) electrons. The lowest BCUT2D eigenvalue weighted by molar-refractivity contribution is 0.602.